The minimum atomic E-state index is 0.130. The summed E-state index contributed by atoms with van der Waals surface area (Å²) in [5.74, 6) is 0.995. The highest BCUT2D eigenvalue weighted by Crippen LogP contribution is 2.26. The molecular weight excluding hydrogens is 160 g/mol. The lowest BCUT2D eigenvalue weighted by Gasteiger charge is -2.12. The summed E-state index contributed by atoms with van der Waals surface area (Å²) in [7, 11) is 0. The Hall–Kier alpha value is -0.0400. The summed E-state index contributed by atoms with van der Waals surface area (Å²) >= 11 is 0. The number of hydrogen-bond acceptors (Lipinski definition) is 0. The van der Waals surface area contributed by atoms with Crippen LogP contribution in [-0.4, -0.2) is 6.61 Å². The third-order valence-corrected chi connectivity index (χ3v) is 3.23. The maximum atomic E-state index is 10.2. The fourth-order valence-corrected chi connectivity index (χ4v) is 2.36. The maximum Gasteiger partial charge on any atom is 0.0822 e. The standard InChI is InChI=1S/C12H23O/c13-11-7-3-6-10-12-8-4-1-2-5-9-12/h12H,1-11H2. The fourth-order valence-electron chi connectivity index (χ4n) is 2.36. The van der Waals surface area contributed by atoms with Crippen molar-refractivity contribution in [2.24, 2.45) is 5.92 Å². The van der Waals surface area contributed by atoms with Gasteiger partial charge in [-0.15, -0.1) is 0 Å². The molecular formula is C12H23O. The molecule has 0 heterocycles. The molecule has 1 aliphatic carbocycles. The van der Waals surface area contributed by atoms with Crippen molar-refractivity contribution in [2.45, 2.75) is 64.2 Å². The molecule has 1 nitrogen and oxygen atoms in total. The van der Waals surface area contributed by atoms with Gasteiger partial charge in [-0.3, -0.25) is 0 Å². The van der Waals surface area contributed by atoms with Crippen LogP contribution in [-0.2, 0) is 5.11 Å². The van der Waals surface area contributed by atoms with Crippen molar-refractivity contribution in [1.29, 1.82) is 0 Å². The first kappa shape index (κ1) is 11.0. The first-order valence-electron chi connectivity index (χ1n) is 6.01. The third kappa shape index (κ3) is 5.30. The summed E-state index contributed by atoms with van der Waals surface area (Å²) in [6.07, 6.45) is 13.5. The predicted octanol–water partition coefficient (Wildman–Crippen LogP) is 3.95. The van der Waals surface area contributed by atoms with Gasteiger partial charge in [0.2, 0.25) is 0 Å². The van der Waals surface area contributed by atoms with Crippen molar-refractivity contribution < 1.29 is 5.11 Å². The molecule has 0 aromatic carbocycles. The van der Waals surface area contributed by atoms with E-state index in [-0.39, 0.29) is 6.61 Å². The van der Waals surface area contributed by atoms with Crippen LogP contribution in [0.5, 0.6) is 0 Å². The van der Waals surface area contributed by atoms with Gasteiger partial charge in [0.1, 0.15) is 0 Å². The van der Waals surface area contributed by atoms with Gasteiger partial charge < -0.3 is 0 Å². The molecule has 0 aromatic rings. The van der Waals surface area contributed by atoms with Gasteiger partial charge in [0.25, 0.3) is 0 Å². The Morgan fingerprint density at radius 3 is 2.15 bits per heavy atom. The Morgan fingerprint density at radius 2 is 1.54 bits per heavy atom. The topological polar surface area (TPSA) is 19.9 Å². The van der Waals surface area contributed by atoms with E-state index in [4.69, 9.17) is 0 Å². The summed E-state index contributed by atoms with van der Waals surface area (Å²) in [6, 6.07) is 0. The lowest BCUT2D eigenvalue weighted by molar-refractivity contribution is 0.185. The van der Waals surface area contributed by atoms with E-state index >= 15 is 0 Å². The molecule has 0 atom stereocenters. The van der Waals surface area contributed by atoms with E-state index in [1.807, 2.05) is 0 Å². The fraction of sp³-hybridized carbons (Fsp3) is 1.00. The van der Waals surface area contributed by atoms with Gasteiger partial charge >= 0.3 is 0 Å². The summed E-state index contributed by atoms with van der Waals surface area (Å²) < 4.78 is 0. The normalized spacial score (nSPS) is 20.1. The minimum Gasteiger partial charge on any atom is -0.237 e. The molecule has 13 heavy (non-hydrogen) atoms. The molecule has 1 saturated carbocycles. The molecule has 0 unspecified atom stereocenters. The SMILES string of the molecule is [O]CCCCCC1CCCCCC1. The Kier molecular flexibility index (Phi) is 6.26. The van der Waals surface area contributed by atoms with Crippen molar-refractivity contribution in [2.75, 3.05) is 6.61 Å². The first-order chi connectivity index (χ1) is 6.43. The molecule has 1 radical (unpaired) electrons. The van der Waals surface area contributed by atoms with Gasteiger partial charge in [-0.2, -0.15) is 0 Å². The molecule has 1 heteroatoms. The molecule has 0 bridgehead atoms. The Bertz CT molecular complexity index is 104. The van der Waals surface area contributed by atoms with Gasteiger partial charge in [0, 0.05) is 0 Å². The van der Waals surface area contributed by atoms with Crippen molar-refractivity contribution in [3.63, 3.8) is 0 Å². The van der Waals surface area contributed by atoms with Gasteiger partial charge in [-0.05, 0) is 12.3 Å². The molecule has 0 aromatic heterocycles. The number of hydrogen-bond donors (Lipinski definition) is 0. The molecule has 0 N–H and O–H groups in total. The van der Waals surface area contributed by atoms with E-state index in [1.54, 1.807) is 0 Å². The van der Waals surface area contributed by atoms with Crippen LogP contribution in [0.2, 0.25) is 0 Å². The minimum absolute atomic E-state index is 0.130. The van der Waals surface area contributed by atoms with Crippen LogP contribution in [0.25, 0.3) is 0 Å². The van der Waals surface area contributed by atoms with Crippen molar-refractivity contribution in [1.82, 2.24) is 0 Å². The molecule has 1 aliphatic rings. The first-order valence-corrected chi connectivity index (χ1v) is 6.01. The van der Waals surface area contributed by atoms with Gasteiger partial charge in [0.05, 0.1) is 6.61 Å². The largest absolute Gasteiger partial charge is 0.237 e. The van der Waals surface area contributed by atoms with E-state index in [2.05, 4.69) is 0 Å². The van der Waals surface area contributed by atoms with E-state index < -0.39 is 0 Å². The quantitative estimate of drug-likeness (QED) is 0.454. The summed E-state index contributed by atoms with van der Waals surface area (Å²) in [5.41, 5.74) is 0. The van der Waals surface area contributed by atoms with Crippen LogP contribution in [0.1, 0.15) is 64.2 Å². The highest BCUT2D eigenvalue weighted by molar-refractivity contribution is 4.64. The monoisotopic (exact) mass is 183 g/mol. The maximum absolute atomic E-state index is 10.2. The number of unbranched alkanes of at least 4 members (excludes halogenated alkanes) is 2. The van der Waals surface area contributed by atoms with Gasteiger partial charge in [-0.25, -0.2) is 5.11 Å². The second-order valence-electron chi connectivity index (χ2n) is 4.41. The lowest BCUT2D eigenvalue weighted by atomic mass is 9.94. The Morgan fingerprint density at radius 1 is 0.846 bits per heavy atom. The summed E-state index contributed by atoms with van der Waals surface area (Å²) in [4.78, 5) is 0. The second-order valence-corrected chi connectivity index (χ2v) is 4.41. The van der Waals surface area contributed by atoms with Crippen LogP contribution in [0.15, 0.2) is 0 Å². The number of rotatable bonds is 5. The van der Waals surface area contributed by atoms with E-state index in [0.717, 1.165) is 12.3 Å². The smallest absolute Gasteiger partial charge is 0.0822 e. The van der Waals surface area contributed by atoms with Gasteiger partial charge in [-0.1, -0.05) is 57.8 Å². The zero-order valence-electron chi connectivity index (χ0n) is 8.76. The molecule has 0 amide bonds. The molecule has 0 aliphatic heterocycles. The molecule has 1 rings (SSSR count). The molecule has 77 valence electrons. The second kappa shape index (κ2) is 7.37. The summed E-state index contributed by atoms with van der Waals surface area (Å²) in [6.45, 7) is 0.130. The zero-order valence-corrected chi connectivity index (χ0v) is 8.76. The molecule has 0 saturated heterocycles. The van der Waals surface area contributed by atoms with E-state index in [9.17, 15) is 5.11 Å². The molecule has 1 fully saturated rings. The average molecular weight is 183 g/mol. The van der Waals surface area contributed by atoms with Crippen LogP contribution < -0.4 is 0 Å². The van der Waals surface area contributed by atoms with E-state index in [1.165, 1.54) is 57.8 Å². The third-order valence-electron chi connectivity index (χ3n) is 3.23. The van der Waals surface area contributed by atoms with Gasteiger partial charge in [0.15, 0.2) is 0 Å². The average Bonchev–Trinajstić information content (AvgIpc) is 2.41. The van der Waals surface area contributed by atoms with Crippen LogP contribution in [0.3, 0.4) is 0 Å². The summed E-state index contributed by atoms with van der Waals surface area (Å²) in [5, 5.41) is 10.2. The Labute approximate surface area is 82.5 Å². The zero-order chi connectivity index (χ0) is 9.36. The highest BCUT2D eigenvalue weighted by atomic mass is 16.2. The predicted molar refractivity (Wildman–Crippen MR) is 55.2 cm³/mol. The van der Waals surface area contributed by atoms with Crippen molar-refractivity contribution in [3.05, 3.63) is 0 Å². The van der Waals surface area contributed by atoms with Crippen molar-refractivity contribution >= 4 is 0 Å². The molecule has 0 spiro atoms. The van der Waals surface area contributed by atoms with Crippen molar-refractivity contribution in [3.8, 4) is 0 Å². The van der Waals surface area contributed by atoms with Crippen LogP contribution >= 0.6 is 0 Å². The van der Waals surface area contributed by atoms with Crippen LogP contribution in [0, 0.1) is 5.92 Å². The Balaban J connectivity index is 1.98. The van der Waals surface area contributed by atoms with E-state index in [0.29, 0.717) is 0 Å². The lowest BCUT2D eigenvalue weighted by Crippen LogP contribution is -1.98. The van der Waals surface area contributed by atoms with Crippen LogP contribution in [0.4, 0.5) is 0 Å². The highest BCUT2D eigenvalue weighted by Gasteiger charge is 2.11.